The number of carbonyl (C=O) groups is 1. The van der Waals surface area contributed by atoms with Crippen LogP contribution in [0.1, 0.15) is 16.6 Å². The predicted octanol–water partition coefficient (Wildman–Crippen LogP) is 3.32. The highest BCUT2D eigenvalue weighted by atomic mass is 79.9. The predicted molar refractivity (Wildman–Crippen MR) is 51.7 cm³/mol. The van der Waals surface area contributed by atoms with Crippen LogP contribution in [0.3, 0.4) is 0 Å². The van der Waals surface area contributed by atoms with Gasteiger partial charge in [-0.3, -0.25) is 4.79 Å². The van der Waals surface area contributed by atoms with Gasteiger partial charge in [0.25, 0.3) is 0 Å². The number of carbonyl (C=O) groups excluding carboxylic acids is 1. The molecular formula is C7H6BrClOS. The second kappa shape index (κ2) is 3.70. The standard InChI is InChI=1S/C7H6BrClOS/c1-4(9)7(10)6-2-5(8)3-11-6/h2-4H,1H3. The third-order valence-corrected chi connectivity index (χ3v) is 3.08. The van der Waals surface area contributed by atoms with Crippen LogP contribution in [0.15, 0.2) is 15.9 Å². The van der Waals surface area contributed by atoms with Gasteiger partial charge in [-0.25, -0.2) is 0 Å². The molecule has 0 saturated heterocycles. The Morgan fingerprint density at radius 2 is 2.45 bits per heavy atom. The number of Topliss-reactive ketones (excluding diaryl/α,β-unsaturated/α-hetero) is 1. The monoisotopic (exact) mass is 252 g/mol. The number of alkyl halides is 1. The van der Waals surface area contributed by atoms with Crippen molar-refractivity contribution in [2.24, 2.45) is 0 Å². The summed E-state index contributed by atoms with van der Waals surface area (Å²) in [6.07, 6.45) is 0. The van der Waals surface area contributed by atoms with E-state index in [1.807, 2.05) is 5.38 Å². The summed E-state index contributed by atoms with van der Waals surface area (Å²) in [7, 11) is 0. The van der Waals surface area contributed by atoms with Crippen LogP contribution in [0.25, 0.3) is 0 Å². The van der Waals surface area contributed by atoms with E-state index in [4.69, 9.17) is 11.6 Å². The van der Waals surface area contributed by atoms with Crippen LogP contribution >= 0.6 is 38.9 Å². The molecule has 1 atom stereocenters. The average molecular weight is 254 g/mol. The summed E-state index contributed by atoms with van der Waals surface area (Å²) >= 11 is 10.3. The molecule has 0 N–H and O–H groups in total. The number of halogens is 2. The molecule has 0 amide bonds. The van der Waals surface area contributed by atoms with Crippen molar-refractivity contribution in [1.82, 2.24) is 0 Å². The quantitative estimate of drug-likeness (QED) is 0.584. The summed E-state index contributed by atoms with van der Waals surface area (Å²) in [5.74, 6) is -0.0117. The number of hydrogen-bond donors (Lipinski definition) is 0. The molecule has 1 rings (SSSR count). The molecule has 11 heavy (non-hydrogen) atoms. The summed E-state index contributed by atoms with van der Waals surface area (Å²) in [5, 5.41) is 1.44. The van der Waals surface area contributed by atoms with Crippen molar-refractivity contribution in [3.05, 3.63) is 20.8 Å². The topological polar surface area (TPSA) is 17.1 Å². The highest BCUT2D eigenvalue weighted by Crippen LogP contribution is 2.21. The first-order valence-corrected chi connectivity index (χ1v) is 5.14. The Bertz CT molecular complexity index is 269. The van der Waals surface area contributed by atoms with Gasteiger partial charge in [0.05, 0.1) is 10.3 Å². The molecule has 0 aliphatic rings. The molecule has 1 aromatic rings. The Hall–Kier alpha value is 0.140. The van der Waals surface area contributed by atoms with E-state index in [-0.39, 0.29) is 5.78 Å². The van der Waals surface area contributed by atoms with Gasteiger partial charge in [-0.15, -0.1) is 22.9 Å². The van der Waals surface area contributed by atoms with E-state index >= 15 is 0 Å². The maximum absolute atomic E-state index is 11.2. The van der Waals surface area contributed by atoms with Crippen LogP contribution in [0.2, 0.25) is 0 Å². The van der Waals surface area contributed by atoms with Gasteiger partial charge >= 0.3 is 0 Å². The largest absolute Gasteiger partial charge is 0.292 e. The second-order valence-electron chi connectivity index (χ2n) is 2.11. The number of thiophene rings is 1. The number of ketones is 1. The van der Waals surface area contributed by atoms with E-state index in [2.05, 4.69) is 15.9 Å². The normalized spacial score (nSPS) is 13.0. The SMILES string of the molecule is CC(Cl)C(=O)c1cc(Br)cs1. The van der Waals surface area contributed by atoms with Crippen LogP contribution in [-0.2, 0) is 0 Å². The Labute approximate surface area is 82.5 Å². The Morgan fingerprint density at radius 3 is 2.82 bits per heavy atom. The molecule has 1 unspecified atom stereocenters. The van der Waals surface area contributed by atoms with E-state index < -0.39 is 5.38 Å². The van der Waals surface area contributed by atoms with Crippen LogP contribution in [-0.4, -0.2) is 11.2 Å². The Balaban J connectivity index is 2.85. The number of hydrogen-bond acceptors (Lipinski definition) is 2. The minimum Gasteiger partial charge on any atom is -0.292 e. The summed E-state index contributed by atoms with van der Waals surface area (Å²) in [4.78, 5) is 11.9. The van der Waals surface area contributed by atoms with Crippen molar-refractivity contribution in [2.75, 3.05) is 0 Å². The molecule has 0 fully saturated rings. The summed E-state index contributed by atoms with van der Waals surface area (Å²) in [5.41, 5.74) is 0. The molecule has 0 bridgehead atoms. The molecule has 1 heterocycles. The fourth-order valence-electron chi connectivity index (χ4n) is 0.638. The Morgan fingerprint density at radius 1 is 1.82 bits per heavy atom. The summed E-state index contributed by atoms with van der Waals surface area (Å²) < 4.78 is 0.933. The molecule has 0 aliphatic carbocycles. The van der Waals surface area contributed by atoms with Crippen LogP contribution in [0, 0.1) is 0 Å². The highest BCUT2D eigenvalue weighted by Gasteiger charge is 2.13. The third kappa shape index (κ3) is 2.29. The Kier molecular flexibility index (Phi) is 3.10. The van der Waals surface area contributed by atoms with Crippen LogP contribution < -0.4 is 0 Å². The van der Waals surface area contributed by atoms with Crippen molar-refractivity contribution in [1.29, 1.82) is 0 Å². The minimum atomic E-state index is -0.430. The maximum Gasteiger partial charge on any atom is 0.190 e. The van der Waals surface area contributed by atoms with E-state index in [1.165, 1.54) is 11.3 Å². The zero-order chi connectivity index (χ0) is 8.43. The van der Waals surface area contributed by atoms with E-state index in [1.54, 1.807) is 13.0 Å². The lowest BCUT2D eigenvalue weighted by molar-refractivity contribution is 0.0995. The van der Waals surface area contributed by atoms with Gasteiger partial charge in [0.1, 0.15) is 0 Å². The van der Waals surface area contributed by atoms with Crippen molar-refractivity contribution in [2.45, 2.75) is 12.3 Å². The van der Waals surface area contributed by atoms with Crippen LogP contribution in [0.5, 0.6) is 0 Å². The summed E-state index contributed by atoms with van der Waals surface area (Å²) in [6.45, 7) is 1.68. The molecule has 0 aliphatic heterocycles. The maximum atomic E-state index is 11.2. The summed E-state index contributed by atoms with van der Waals surface area (Å²) in [6, 6.07) is 1.78. The van der Waals surface area contributed by atoms with E-state index in [0.29, 0.717) is 4.88 Å². The lowest BCUT2D eigenvalue weighted by atomic mass is 10.2. The fraction of sp³-hybridized carbons (Fsp3) is 0.286. The first-order chi connectivity index (χ1) is 5.11. The van der Waals surface area contributed by atoms with Crippen molar-refractivity contribution >= 4 is 44.7 Å². The second-order valence-corrected chi connectivity index (χ2v) is 4.59. The van der Waals surface area contributed by atoms with Gasteiger partial charge in [-0.05, 0) is 28.9 Å². The number of rotatable bonds is 2. The first-order valence-electron chi connectivity index (χ1n) is 3.03. The molecule has 1 nitrogen and oxygen atoms in total. The molecule has 1 aromatic heterocycles. The average Bonchev–Trinajstić information content (AvgIpc) is 2.34. The zero-order valence-corrected chi connectivity index (χ0v) is 8.96. The lowest BCUT2D eigenvalue weighted by Gasteiger charge is -1.96. The van der Waals surface area contributed by atoms with Gasteiger partial charge in [-0.1, -0.05) is 0 Å². The van der Waals surface area contributed by atoms with Crippen molar-refractivity contribution in [3.8, 4) is 0 Å². The van der Waals surface area contributed by atoms with Gasteiger partial charge in [0, 0.05) is 9.85 Å². The molecular weight excluding hydrogens is 247 g/mol. The molecule has 0 radical (unpaired) electrons. The molecule has 0 saturated carbocycles. The smallest absolute Gasteiger partial charge is 0.190 e. The van der Waals surface area contributed by atoms with E-state index in [9.17, 15) is 4.79 Å². The van der Waals surface area contributed by atoms with Crippen molar-refractivity contribution < 1.29 is 4.79 Å². The van der Waals surface area contributed by atoms with E-state index in [0.717, 1.165) is 4.47 Å². The fourth-order valence-corrected chi connectivity index (χ4v) is 2.28. The van der Waals surface area contributed by atoms with Gasteiger partial charge in [0.2, 0.25) is 0 Å². The molecule has 0 spiro atoms. The van der Waals surface area contributed by atoms with Gasteiger partial charge in [-0.2, -0.15) is 0 Å². The minimum absolute atomic E-state index is 0.0117. The highest BCUT2D eigenvalue weighted by molar-refractivity contribution is 9.10. The first kappa shape index (κ1) is 9.23. The van der Waals surface area contributed by atoms with Crippen LogP contribution in [0.4, 0.5) is 0 Å². The molecule has 0 aromatic carbocycles. The van der Waals surface area contributed by atoms with Gasteiger partial charge in [0.15, 0.2) is 5.78 Å². The molecule has 4 heteroatoms. The van der Waals surface area contributed by atoms with Crippen molar-refractivity contribution in [3.63, 3.8) is 0 Å². The lowest BCUT2D eigenvalue weighted by Crippen LogP contribution is -2.07. The third-order valence-electron chi connectivity index (χ3n) is 1.17. The molecule has 60 valence electrons. The zero-order valence-electron chi connectivity index (χ0n) is 5.80. The van der Waals surface area contributed by atoms with Gasteiger partial charge < -0.3 is 0 Å².